The van der Waals surface area contributed by atoms with Gasteiger partial charge in [0.05, 0.1) is 11.2 Å². The molecule has 0 aliphatic carbocycles. The average Bonchev–Trinajstić information content (AvgIpc) is 2.27. The molecule has 0 aliphatic heterocycles. The van der Waals surface area contributed by atoms with Crippen molar-refractivity contribution in [2.24, 2.45) is 0 Å². The highest BCUT2D eigenvalue weighted by Crippen LogP contribution is 2.25. The van der Waals surface area contributed by atoms with E-state index < -0.39 is 5.82 Å². The molecule has 0 spiro atoms. The Morgan fingerprint density at radius 1 is 1.19 bits per heavy atom. The monoisotopic (exact) mass is 238 g/mol. The van der Waals surface area contributed by atoms with Crippen LogP contribution in [-0.4, -0.2) is 4.98 Å². The number of hydrogen-bond donors (Lipinski definition) is 1. The molecule has 1 heterocycles. The number of rotatable bonds is 2. The van der Waals surface area contributed by atoms with Crippen LogP contribution in [0.1, 0.15) is 0 Å². The van der Waals surface area contributed by atoms with Crippen LogP contribution in [0.4, 0.5) is 10.2 Å². The minimum absolute atomic E-state index is 0.0147. The topological polar surface area (TPSA) is 48.1 Å². The number of nitrogens with two attached hydrogens (primary N) is 1. The number of halogens is 2. The molecule has 0 fully saturated rings. The Morgan fingerprint density at radius 3 is 2.56 bits per heavy atom. The molecule has 0 unspecified atom stereocenters. The zero-order chi connectivity index (χ0) is 11.5. The number of nitrogen functional groups attached to an aromatic ring is 1. The third kappa shape index (κ3) is 2.41. The maximum atomic E-state index is 12.9. The van der Waals surface area contributed by atoms with Gasteiger partial charge in [0.1, 0.15) is 23.1 Å². The van der Waals surface area contributed by atoms with Gasteiger partial charge in [0.2, 0.25) is 0 Å². The van der Waals surface area contributed by atoms with E-state index >= 15 is 0 Å². The summed E-state index contributed by atoms with van der Waals surface area (Å²) in [4.78, 5) is 3.86. The van der Waals surface area contributed by atoms with Gasteiger partial charge >= 0.3 is 0 Å². The van der Waals surface area contributed by atoms with Crippen LogP contribution in [-0.2, 0) is 0 Å². The maximum Gasteiger partial charge on any atom is 0.145 e. The normalized spacial score (nSPS) is 10.1. The molecule has 0 saturated heterocycles. The van der Waals surface area contributed by atoms with Gasteiger partial charge in [-0.1, -0.05) is 11.6 Å². The Morgan fingerprint density at radius 2 is 1.94 bits per heavy atom. The maximum absolute atomic E-state index is 12.9. The SMILES string of the molecule is Nc1ccc(Oc2ccc(F)c(Cl)c2)cn1. The molecule has 1 aromatic carbocycles. The molecule has 2 rings (SSSR count). The molecule has 2 aromatic rings. The summed E-state index contributed by atoms with van der Waals surface area (Å²) in [6.45, 7) is 0. The predicted octanol–water partition coefficient (Wildman–Crippen LogP) is 3.25. The summed E-state index contributed by atoms with van der Waals surface area (Å²) >= 11 is 5.61. The number of benzene rings is 1. The minimum atomic E-state index is -0.482. The Kier molecular flexibility index (Phi) is 2.92. The highest BCUT2D eigenvalue weighted by molar-refractivity contribution is 6.30. The fourth-order valence-electron chi connectivity index (χ4n) is 1.13. The number of aromatic nitrogens is 1. The lowest BCUT2D eigenvalue weighted by molar-refractivity contribution is 0.478. The molecular formula is C11H8ClFN2O. The van der Waals surface area contributed by atoms with Crippen LogP contribution in [0, 0.1) is 5.82 Å². The van der Waals surface area contributed by atoms with Gasteiger partial charge in [0.15, 0.2) is 0 Å². The fraction of sp³-hybridized carbons (Fsp3) is 0. The summed E-state index contributed by atoms with van der Waals surface area (Å²) < 4.78 is 18.3. The highest BCUT2D eigenvalue weighted by Gasteiger charge is 2.02. The van der Waals surface area contributed by atoms with E-state index in [1.165, 1.54) is 24.4 Å². The quantitative estimate of drug-likeness (QED) is 0.874. The molecule has 0 saturated carbocycles. The van der Waals surface area contributed by atoms with Crippen LogP contribution < -0.4 is 10.5 Å². The van der Waals surface area contributed by atoms with Crippen LogP contribution >= 0.6 is 11.6 Å². The number of ether oxygens (including phenoxy) is 1. The molecule has 82 valence electrons. The van der Waals surface area contributed by atoms with Crippen molar-refractivity contribution in [3.63, 3.8) is 0 Å². The zero-order valence-corrected chi connectivity index (χ0v) is 8.91. The van der Waals surface area contributed by atoms with Crippen LogP contribution in [0.3, 0.4) is 0 Å². The highest BCUT2D eigenvalue weighted by atomic mass is 35.5. The van der Waals surface area contributed by atoms with Gasteiger partial charge in [-0.25, -0.2) is 9.37 Å². The molecule has 0 bridgehead atoms. The third-order valence-corrected chi connectivity index (χ3v) is 2.18. The van der Waals surface area contributed by atoms with Gasteiger partial charge in [0.25, 0.3) is 0 Å². The lowest BCUT2D eigenvalue weighted by Crippen LogP contribution is -1.90. The second kappa shape index (κ2) is 4.37. The molecule has 0 atom stereocenters. The van der Waals surface area contributed by atoms with Crippen LogP contribution in [0.15, 0.2) is 36.5 Å². The smallest absolute Gasteiger partial charge is 0.145 e. The molecular weight excluding hydrogens is 231 g/mol. The van der Waals surface area contributed by atoms with Gasteiger partial charge in [0, 0.05) is 6.07 Å². The second-order valence-corrected chi connectivity index (χ2v) is 3.50. The first-order chi connectivity index (χ1) is 7.65. The Bertz CT molecular complexity index is 502. The number of anilines is 1. The van der Waals surface area contributed by atoms with E-state index in [1.807, 2.05) is 0 Å². The van der Waals surface area contributed by atoms with Gasteiger partial charge < -0.3 is 10.5 Å². The second-order valence-electron chi connectivity index (χ2n) is 3.10. The molecule has 3 nitrogen and oxygen atoms in total. The average molecular weight is 239 g/mol. The van der Waals surface area contributed by atoms with Crippen molar-refractivity contribution in [3.05, 3.63) is 47.4 Å². The molecule has 5 heteroatoms. The minimum Gasteiger partial charge on any atom is -0.456 e. The van der Waals surface area contributed by atoms with Crippen molar-refractivity contribution in [3.8, 4) is 11.5 Å². The molecule has 1 aromatic heterocycles. The zero-order valence-electron chi connectivity index (χ0n) is 8.15. The van der Waals surface area contributed by atoms with E-state index in [0.717, 1.165) is 0 Å². The van der Waals surface area contributed by atoms with Crippen molar-refractivity contribution in [1.29, 1.82) is 0 Å². The van der Waals surface area contributed by atoms with Crippen molar-refractivity contribution in [2.45, 2.75) is 0 Å². The summed E-state index contributed by atoms with van der Waals surface area (Å²) in [5, 5.41) is 0.0147. The van der Waals surface area contributed by atoms with Crippen LogP contribution in [0.2, 0.25) is 5.02 Å². The van der Waals surface area contributed by atoms with Crippen molar-refractivity contribution in [1.82, 2.24) is 4.98 Å². The first kappa shape index (κ1) is 10.7. The Balaban J connectivity index is 2.20. The van der Waals surface area contributed by atoms with Crippen molar-refractivity contribution in [2.75, 3.05) is 5.73 Å². The number of hydrogen-bond acceptors (Lipinski definition) is 3. The van der Waals surface area contributed by atoms with Crippen molar-refractivity contribution >= 4 is 17.4 Å². The van der Waals surface area contributed by atoms with Gasteiger partial charge in [-0.3, -0.25) is 0 Å². The molecule has 2 N–H and O–H groups in total. The Hall–Kier alpha value is -1.81. The molecule has 16 heavy (non-hydrogen) atoms. The van der Waals surface area contributed by atoms with E-state index in [1.54, 1.807) is 12.1 Å². The lowest BCUT2D eigenvalue weighted by atomic mass is 10.3. The Labute approximate surface area is 96.6 Å². The fourth-order valence-corrected chi connectivity index (χ4v) is 1.30. The predicted molar refractivity (Wildman–Crippen MR) is 60.1 cm³/mol. The van der Waals surface area contributed by atoms with Gasteiger partial charge in [-0.15, -0.1) is 0 Å². The molecule has 0 amide bonds. The summed E-state index contributed by atoms with van der Waals surface area (Å²) in [6.07, 6.45) is 1.48. The van der Waals surface area contributed by atoms with E-state index in [0.29, 0.717) is 17.3 Å². The van der Waals surface area contributed by atoms with E-state index in [-0.39, 0.29) is 5.02 Å². The van der Waals surface area contributed by atoms with E-state index in [4.69, 9.17) is 22.1 Å². The molecule has 0 aliphatic rings. The molecule has 0 radical (unpaired) electrons. The number of nitrogens with zero attached hydrogens (tertiary/aromatic N) is 1. The van der Waals surface area contributed by atoms with E-state index in [2.05, 4.69) is 4.98 Å². The standard InChI is InChI=1S/C11H8ClFN2O/c12-9-5-7(1-3-10(9)13)16-8-2-4-11(14)15-6-8/h1-6H,(H2,14,15). The van der Waals surface area contributed by atoms with Crippen molar-refractivity contribution < 1.29 is 9.13 Å². The lowest BCUT2D eigenvalue weighted by Gasteiger charge is -2.05. The summed E-state index contributed by atoms with van der Waals surface area (Å²) in [7, 11) is 0. The number of pyridine rings is 1. The first-order valence-electron chi connectivity index (χ1n) is 4.49. The van der Waals surface area contributed by atoms with E-state index in [9.17, 15) is 4.39 Å². The van der Waals surface area contributed by atoms with Crippen LogP contribution in [0.25, 0.3) is 0 Å². The first-order valence-corrected chi connectivity index (χ1v) is 4.87. The van der Waals surface area contributed by atoms with Crippen LogP contribution in [0.5, 0.6) is 11.5 Å². The van der Waals surface area contributed by atoms with Gasteiger partial charge in [-0.2, -0.15) is 0 Å². The summed E-state index contributed by atoms with van der Waals surface area (Å²) in [6, 6.07) is 7.40. The third-order valence-electron chi connectivity index (χ3n) is 1.89. The largest absolute Gasteiger partial charge is 0.456 e. The van der Waals surface area contributed by atoms with Gasteiger partial charge in [-0.05, 0) is 24.3 Å². The summed E-state index contributed by atoms with van der Waals surface area (Å²) in [5.74, 6) is 0.879. The summed E-state index contributed by atoms with van der Waals surface area (Å²) in [5.41, 5.74) is 5.43.